The molecule has 0 aliphatic rings. The second-order valence-electron chi connectivity index (χ2n) is 2.40. The maximum atomic E-state index is 12.4. The second kappa shape index (κ2) is 4.71. The molecular formula is C7H14F2. The Kier molecular flexibility index (Phi) is 4.64. The molecule has 0 saturated carbocycles. The Bertz CT molecular complexity index is 61.9. The van der Waals surface area contributed by atoms with Crippen LogP contribution in [0.3, 0.4) is 0 Å². The maximum absolute atomic E-state index is 12.4. The smallest absolute Gasteiger partial charge is 0.103 e. The zero-order valence-corrected chi connectivity index (χ0v) is 6.03. The van der Waals surface area contributed by atoms with Gasteiger partial charge in [-0.15, -0.1) is 0 Å². The average Bonchev–Trinajstić information content (AvgIpc) is 1.63. The summed E-state index contributed by atoms with van der Waals surface area (Å²) in [7, 11) is 0. The molecule has 0 N–H and O–H groups in total. The van der Waals surface area contributed by atoms with E-state index in [1.807, 2.05) is 6.92 Å². The van der Waals surface area contributed by atoms with Gasteiger partial charge in [0.05, 0.1) is 0 Å². The summed E-state index contributed by atoms with van der Waals surface area (Å²) in [5.74, 6) is 0. The minimum absolute atomic E-state index is 0.0633. The van der Waals surface area contributed by atoms with Crippen molar-refractivity contribution in [2.75, 3.05) is 0 Å². The van der Waals surface area contributed by atoms with E-state index in [9.17, 15) is 8.78 Å². The third kappa shape index (κ3) is 5.74. The summed E-state index contributed by atoms with van der Waals surface area (Å²) in [6.45, 7) is 3.29. The number of hydrogen-bond donors (Lipinski definition) is 0. The third-order valence-electron chi connectivity index (χ3n) is 1.18. The molecule has 0 aromatic carbocycles. The van der Waals surface area contributed by atoms with Crippen LogP contribution in [0.4, 0.5) is 8.78 Å². The van der Waals surface area contributed by atoms with E-state index in [0.717, 1.165) is 6.42 Å². The van der Waals surface area contributed by atoms with Crippen LogP contribution in [0.1, 0.15) is 33.1 Å². The number of hydrogen-bond acceptors (Lipinski definition) is 0. The molecule has 9 heavy (non-hydrogen) atoms. The highest BCUT2D eigenvalue weighted by Crippen LogP contribution is 2.10. The van der Waals surface area contributed by atoms with Crippen LogP contribution < -0.4 is 0 Å². The largest absolute Gasteiger partial charge is 0.248 e. The lowest BCUT2D eigenvalue weighted by Crippen LogP contribution is -2.06. The van der Waals surface area contributed by atoms with E-state index in [2.05, 4.69) is 0 Å². The monoisotopic (exact) mass is 136 g/mol. The van der Waals surface area contributed by atoms with E-state index < -0.39 is 12.3 Å². The van der Waals surface area contributed by atoms with Crippen LogP contribution >= 0.6 is 0 Å². The van der Waals surface area contributed by atoms with E-state index in [0.29, 0.717) is 6.42 Å². The summed E-state index contributed by atoms with van der Waals surface area (Å²) < 4.78 is 24.4. The molecule has 0 spiro atoms. The van der Waals surface area contributed by atoms with Crippen molar-refractivity contribution in [2.45, 2.75) is 45.5 Å². The van der Waals surface area contributed by atoms with Crippen LogP contribution in [-0.4, -0.2) is 12.3 Å². The van der Waals surface area contributed by atoms with Gasteiger partial charge in [0.1, 0.15) is 12.3 Å². The van der Waals surface area contributed by atoms with Gasteiger partial charge in [0.15, 0.2) is 0 Å². The summed E-state index contributed by atoms with van der Waals surface area (Å²) in [5, 5.41) is 0. The fourth-order valence-electron chi connectivity index (χ4n) is 0.784. The Labute approximate surface area is 55.3 Å². The molecule has 0 aromatic rings. The Balaban J connectivity index is 3.15. The van der Waals surface area contributed by atoms with E-state index in [4.69, 9.17) is 0 Å². The van der Waals surface area contributed by atoms with Gasteiger partial charge in [-0.2, -0.15) is 0 Å². The fraction of sp³-hybridized carbons (Fsp3) is 1.00. The Morgan fingerprint density at radius 2 is 1.89 bits per heavy atom. The van der Waals surface area contributed by atoms with Crippen molar-refractivity contribution in [1.29, 1.82) is 0 Å². The van der Waals surface area contributed by atoms with Gasteiger partial charge in [-0.05, 0) is 13.3 Å². The van der Waals surface area contributed by atoms with Crippen molar-refractivity contribution < 1.29 is 8.78 Å². The first-order chi connectivity index (χ1) is 4.16. The highest BCUT2D eigenvalue weighted by atomic mass is 19.1. The molecule has 0 aromatic heterocycles. The van der Waals surface area contributed by atoms with E-state index in [1.54, 1.807) is 0 Å². The molecule has 0 heterocycles. The Morgan fingerprint density at radius 3 is 2.22 bits per heavy atom. The Morgan fingerprint density at radius 1 is 1.33 bits per heavy atom. The van der Waals surface area contributed by atoms with Gasteiger partial charge in [-0.25, -0.2) is 8.78 Å². The van der Waals surface area contributed by atoms with Gasteiger partial charge in [-0.1, -0.05) is 13.3 Å². The molecule has 0 aliphatic carbocycles. The Hall–Kier alpha value is -0.140. The normalized spacial score (nSPS) is 17.3. The first-order valence-corrected chi connectivity index (χ1v) is 3.45. The lowest BCUT2D eigenvalue weighted by molar-refractivity contribution is 0.221. The molecule has 2 heteroatoms. The minimum Gasteiger partial charge on any atom is -0.248 e. The minimum atomic E-state index is -0.994. The highest BCUT2D eigenvalue weighted by molar-refractivity contribution is 4.58. The molecule has 0 radical (unpaired) electrons. The predicted molar refractivity (Wildman–Crippen MR) is 35.0 cm³/mol. The lowest BCUT2D eigenvalue weighted by Gasteiger charge is -2.05. The van der Waals surface area contributed by atoms with Crippen molar-refractivity contribution in [2.24, 2.45) is 0 Å². The van der Waals surface area contributed by atoms with E-state index in [-0.39, 0.29) is 6.42 Å². The summed E-state index contributed by atoms with van der Waals surface area (Å²) in [6.07, 6.45) is -0.572. The van der Waals surface area contributed by atoms with Crippen LogP contribution in [0.25, 0.3) is 0 Å². The van der Waals surface area contributed by atoms with Gasteiger partial charge in [-0.3, -0.25) is 0 Å². The first-order valence-electron chi connectivity index (χ1n) is 3.45. The lowest BCUT2D eigenvalue weighted by atomic mass is 10.1. The quantitative estimate of drug-likeness (QED) is 0.557. The number of alkyl halides is 2. The van der Waals surface area contributed by atoms with Crippen LogP contribution in [0.5, 0.6) is 0 Å². The summed E-state index contributed by atoms with van der Waals surface area (Å²) >= 11 is 0. The van der Waals surface area contributed by atoms with Crippen molar-refractivity contribution >= 4 is 0 Å². The van der Waals surface area contributed by atoms with Crippen LogP contribution in [0.2, 0.25) is 0 Å². The molecule has 1 unspecified atom stereocenters. The highest BCUT2D eigenvalue weighted by Gasteiger charge is 2.08. The maximum Gasteiger partial charge on any atom is 0.103 e. The molecule has 56 valence electrons. The SMILES string of the molecule is CCC[C@H](F)CC(C)F. The van der Waals surface area contributed by atoms with Crippen molar-refractivity contribution in [3.05, 3.63) is 0 Å². The van der Waals surface area contributed by atoms with Gasteiger partial charge < -0.3 is 0 Å². The van der Waals surface area contributed by atoms with E-state index in [1.165, 1.54) is 6.92 Å². The van der Waals surface area contributed by atoms with Crippen LogP contribution in [0.15, 0.2) is 0 Å². The molecule has 0 fully saturated rings. The average molecular weight is 136 g/mol. The molecule has 0 saturated heterocycles. The first kappa shape index (κ1) is 8.86. The third-order valence-corrected chi connectivity index (χ3v) is 1.18. The molecular weight excluding hydrogens is 122 g/mol. The number of halogens is 2. The molecule has 0 bridgehead atoms. The molecule has 0 nitrogen and oxygen atoms in total. The van der Waals surface area contributed by atoms with Crippen LogP contribution in [0, 0.1) is 0 Å². The van der Waals surface area contributed by atoms with Crippen LogP contribution in [-0.2, 0) is 0 Å². The van der Waals surface area contributed by atoms with E-state index >= 15 is 0 Å². The van der Waals surface area contributed by atoms with Gasteiger partial charge >= 0.3 is 0 Å². The molecule has 0 aliphatic heterocycles. The summed E-state index contributed by atoms with van der Waals surface area (Å²) in [4.78, 5) is 0. The standard InChI is InChI=1S/C7H14F2/c1-3-4-7(9)5-6(2)8/h6-7H,3-5H2,1-2H3/t6?,7-/m0/s1. The van der Waals surface area contributed by atoms with Crippen molar-refractivity contribution in [1.82, 2.24) is 0 Å². The molecule has 0 rings (SSSR count). The topological polar surface area (TPSA) is 0 Å². The second-order valence-corrected chi connectivity index (χ2v) is 2.40. The number of rotatable bonds is 4. The van der Waals surface area contributed by atoms with Gasteiger partial charge in [0.2, 0.25) is 0 Å². The molecule has 0 amide bonds. The van der Waals surface area contributed by atoms with Crippen molar-refractivity contribution in [3.63, 3.8) is 0 Å². The zero-order valence-electron chi connectivity index (χ0n) is 6.03. The predicted octanol–water partition coefficient (Wildman–Crippen LogP) is 2.87. The van der Waals surface area contributed by atoms with Crippen molar-refractivity contribution in [3.8, 4) is 0 Å². The summed E-state index contributed by atoms with van der Waals surface area (Å²) in [5.41, 5.74) is 0. The molecule has 2 atom stereocenters. The zero-order chi connectivity index (χ0) is 7.28. The summed E-state index contributed by atoms with van der Waals surface area (Å²) in [6, 6.07) is 0. The fourth-order valence-corrected chi connectivity index (χ4v) is 0.784. The van der Waals surface area contributed by atoms with Gasteiger partial charge in [0, 0.05) is 6.42 Å². The van der Waals surface area contributed by atoms with Gasteiger partial charge in [0.25, 0.3) is 0 Å².